The molecular formula is C12H18N2O2. The Morgan fingerprint density at radius 1 is 1.31 bits per heavy atom. The third-order valence-corrected chi connectivity index (χ3v) is 2.95. The highest BCUT2D eigenvalue weighted by Gasteiger charge is 2.21. The van der Waals surface area contributed by atoms with E-state index in [1.807, 2.05) is 12.1 Å². The molecule has 0 spiro atoms. The quantitative estimate of drug-likeness (QED) is 0.846. The van der Waals surface area contributed by atoms with Crippen molar-refractivity contribution >= 4 is 0 Å². The van der Waals surface area contributed by atoms with Crippen molar-refractivity contribution in [3.05, 3.63) is 18.3 Å². The van der Waals surface area contributed by atoms with Gasteiger partial charge in [-0.2, -0.15) is 0 Å². The van der Waals surface area contributed by atoms with Crippen molar-refractivity contribution in [2.24, 2.45) is 5.73 Å². The number of hydrogen-bond donors (Lipinski definition) is 1. The van der Waals surface area contributed by atoms with Crippen molar-refractivity contribution in [3.8, 4) is 11.6 Å². The summed E-state index contributed by atoms with van der Waals surface area (Å²) >= 11 is 0. The molecule has 0 radical (unpaired) electrons. The highest BCUT2D eigenvalue weighted by atomic mass is 16.5. The summed E-state index contributed by atoms with van der Waals surface area (Å²) in [7, 11) is 1.63. The molecule has 1 aliphatic carbocycles. The van der Waals surface area contributed by atoms with E-state index in [9.17, 15) is 0 Å². The number of hydrogen-bond acceptors (Lipinski definition) is 4. The van der Waals surface area contributed by atoms with E-state index in [2.05, 4.69) is 4.98 Å². The molecule has 0 atom stereocenters. The molecule has 1 aliphatic rings. The second kappa shape index (κ2) is 5.16. The third kappa shape index (κ3) is 2.64. The molecule has 0 bridgehead atoms. The van der Waals surface area contributed by atoms with Crippen LogP contribution in [0.3, 0.4) is 0 Å². The molecule has 88 valence electrons. The molecule has 0 aromatic carbocycles. The molecule has 1 saturated carbocycles. The molecule has 0 saturated heterocycles. The predicted octanol–water partition coefficient (Wildman–Crippen LogP) is 1.74. The molecule has 4 nitrogen and oxygen atoms in total. The highest BCUT2D eigenvalue weighted by molar-refractivity contribution is 5.32. The minimum atomic E-state index is 0.226. The third-order valence-electron chi connectivity index (χ3n) is 2.95. The first-order valence-corrected chi connectivity index (χ1v) is 5.71. The summed E-state index contributed by atoms with van der Waals surface area (Å²) < 4.78 is 11.0. The summed E-state index contributed by atoms with van der Waals surface area (Å²) in [6.45, 7) is 0. The van der Waals surface area contributed by atoms with Crippen LogP contribution in [0.4, 0.5) is 0 Å². The van der Waals surface area contributed by atoms with Crippen LogP contribution < -0.4 is 15.2 Å². The smallest absolute Gasteiger partial charge is 0.257 e. The summed E-state index contributed by atoms with van der Waals surface area (Å²) in [6.07, 6.45) is 6.00. The van der Waals surface area contributed by atoms with Crippen molar-refractivity contribution in [3.63, 3.8) is 0 Å². The average Bonchev–Trinajstić information content (AvgIpc) is 2.33. The lowest BCUT2D eigenvalue weighted by molar-refractivity contribution is 0.136. The zero-order valence-corrected chi connectivity index (χ0v) is 9.56. The first-order chi connectivity index (χ1) is 7.79. The van der Waals surface area contributed by atoms with Crippen LogP contribution in [0.5, 0.6) is 11.6 Å². The van der Waals surface area contributed by atoms with E-state index in [1.54, 1.807) is 13.3 Å². The van der Waals surface area contributed by atoms with Crippen LogP contribution in [0.25, 0.3) is 0 Å². The van der Waals surface area contributed by atoms with Gasteiger partial charge in [-0.25, -0.2) is 4.98 Å². The molecule has 16 heavy (non-hydrogen) atoms. The lowest BCUT2D eigenvalue weighted by Gasteiger charge is -2.26. The van der Waals surface area contributed by atoms with Gasteiger partial charge in [0.1, 0.15) is 6.10 Å². The maximum absolute atomic E-state index is 5.85. The Labute approximate surface area is 95.8 Å². The van der Waals surface area contributed by atoms with Crippen molar-refractivity contribution in [2.75, 3.05) is 7.11 Å². The molecule has 0 unspecified atom stereocenters. The number of nitrogens with zero attached hydrogens (tertiary/aromatic N) is 1. The summed E-state index contributed by atoms with van der Waals surface area (Å²) in [5.41, 5.74) is 5.85. The zero-order chi connectivity index (χ0) is 11.4. The second-order valence-electron chi connectivity index (χ2n) is 4.17. The maximum atomic E-state index is 5.85. The second-order valence-corrected chi connectivity index (χ2v) is 4.17. The largest absolute Gasteiger partial charge is 0.491 e. The lowest BCUT2D eigenvalue weighted by Crippen LogP contribution is -2.31. The Hall–Kier alpha value is -1.29. The number of aromatic nitrogens is 1. The highest BCUT2D eigenvalue weighted by Crippen LogP contribution is 2.27. The van der Waals surface area contributed by atoms with Crippen LogP contribution in [0.2, 0.25) is 0 Å². The monoisotopic (exact) mass is 222 g/mol. The summed E-state index contributed by atoms with van der Waals surface area (Å²) in [5.74, 6) is 1.28. The Bertz CT molecular complexity index is 336. The van der Waals surface area contributed by atoms with E-state index >= 15 is 0 Å². The summed E-state index contributed by atoms with van der Waals surface area (Å²) in [5, 5.41) is 0. The summed E-state index contributed by atoms with van der Waals surface area (Å²) in [6, 6.07) is 4.03. The Balaban J connectivity index is 1.98. The number of pyridine rings is 1. The molecule has 0 amide bonds. The van der Waals surface area contributed by atoms with E-state index in [0.29, 0.717) is 17.7 Å². The minimum absolute atomic E-state index is 0.226. The van der Waals surface area contributed by atoms with E-state index in [0.717, 1.165) is 25.7 Å². The van der Waals surface area contributed by atoms with Crippen LogP contribution in [0.1, 0.15) is 25.7 Å². The molecule has 4 heteroatoms. The van der Waals surface area contributed by atoms with Gasteiger partial charge in [0.2, 0.25) is 0 Å². The fraction of sp³-hybridized carbons (Fsp3) is 0.583. The van der Waals surface area contributed by atoms with Crippen molar-refractivity contribution < 1.29 is 9.47 Å². The topological polar surface area (TPSA) is 57.4 Å². The van der Waals surface area contributed by atoms with Crippen LogP contribution in [0, 0.1) is 0 Å². The van der Waals surface area contributed by atoms with E-state index in [-0.39, 0.29) is 6.10 Å². The van der Waals surface area contributed by atoms with Gasteiger partial charge >= 0.3 is 0 Å². The number of nitrogens with two attached hydrogens (primary N) is 1. The van der Waals surface area contributed by atoms with Crippen molar-refractivity contribution in [2.45, 2.75) is 37.8 Å². The Morgan fingerprint density at radius 3 is 2.75 bits per heavy atom. The molecule has 1 aromatic heterocycles. The van der Waals surface area contributed by atoms with Gasteiger partial charge in [-0.1, -0.05) is 0 Å². The molecule has 1 fully saturated rings. The van der Waals surface area contributed by atoms with E-state index in [1.165, 1.54) is 0 Å². The van der Waals surface area contributed by atoms with Crippen LogP contribution in [0.15, 0.2) is 18.3 Å². The predicted molar refractivity (Wildman–Crippen MR) is 61.6 cm³/mol. The van der Waals surface area contributed by atoms with Crippen LogP contribution in [-0.2, 0) is 0 Å². The molecule has 1 heterocycles. The average molecular weight is 222 g/mol. The Kier molecular flexibility index (Phi) is 3.62. The Morgan fingerprint density at radius 2 is 2.06 bits per heavy atom. The maximum Gasteiger partial charge on any atom is 0.257 e. The normalized spacial score (nSPS) is 25.1. The van der Waals surface area contributed by atoms with Gasteiger partial charge in [-0.3, -0.25) is 0 Å². The fourth-order valence-electron chi connectivity index (χ4n) is 1.98. The van der Waals surface area contributed by atoms with Gasteiger partial charge < -0.3 is 15.2 Å². The van der Waals surface area contributed by atoms with Crippen molar-refractivity contribution in [1.82, 2.24) is 4.98 Å². The minimum Gasteiger partial charge on any atom is -0.491 e. The standard InChI is InChI=1S/C12H18N2O2/c1-15-11-3-2-8-14-12(11)16-10-6-4-9(13)5-7-10/h2-3,8-10H,4-7,13H2,1H3. The van der Waals surface area contributed by atoms with Crippen LogP contribution in [-0.4, -0.2) is 24.2 Å². The molecule has 2 rings (SSSR count). The van der Waals surface area contributed by atoms with Gasteiger partial charge in [-0.05, 0) is 37.8 Å². The van der Waals surface area contributed by atoms with Gasteiger partial charge in [-0.15, -0.1) is 0 Å². The van der Waals surface area contributed by atoms with E-state index < -0.39 is 0 Å². The lowest BCUT2D eigenvalue weighted by atomic mass is 9.94. The van der Waals surface area contributed by atoms with Gasteiger partial charge in [0.15, 0.2) is 5.75 Å². The first kappa shape index (κ1) is 11.2. The number of methoxy groups -OCH3 is 1. The van der Waals surface area contributed by atoms with Gasteiger partial charge in [0.25, 0.3) is 5.88 Å². The first-order valence-electron chi connectivity index (χ1n) is 5.71. The van der Waals surface area contributed by atoms with Crippen molar-refractivity contribution in [1.29, 1.82) is 0 Å². The SMILES string of the molecule is COc1cccnc1OC1CCC(N)CC1. The molecular weight excluding hydrogens is 204 g/mol. The zero-order valence-electron chi connectivity index (χ0n) is 9.56. The molecule has 1 aromatic rings. The molecule has 0 aliphatic heterocycles. The van der Waals surface area contributed by atoms with Gasteiger partial charge in [0, 0.05) is 12.2 Å². The fourth-order valence-corrected chi connectivity index (χ4v) is 1.98. The molecule has 2 N–H and O–H groups in total. The number of ether oxygens (including phenoxy) is 2. The summed E-state index contributed by atoms with van der Waals surface area (Å²) in [4.78, 5) is 4.18. The van der Waals surface area contributed by atoms with Gasteiger partial charge in [0.05, 0.1) is 7.11 Å². The van der Waals surface area contributed by atoms with E-state index in [4.69, 9.17) is 15.2 Å². The number of rotatable bonds is 3. The van der Waals surface area contributed by atoms with Crippen LogP contribution >= 0.6 is 0 Å².